The van der Waals surface area contributed by atoms with Gasteiger partial charge in [0.15, 0.2) is 5.82 Å². The lowest BCUT2D eigenvalue weighted by molar-refractivity contribution is 0.899. The quantitative estimate of drug-likeness (QED) is 0.675. The molecule has 0 atom stereocenters. The molecule has 0 aliphatic carbocycles. The van der Waals surface area contributed by atoms with Crippen molar-refractivity contribution in [2.75, 3.05) is 5.73 Å². The average Bonchev–Trinajstić information content (AvgIpc) is 2.49. The largest absolute Gasteiger partial charge is 0.382 e. The van der Waals surface area contributed by atoms with Crippen molar-refractivity contribution in [1.29, 1.82) is 0 Å². The van der Waals surface area contributed by atoms with E-state index in [0.717, 1.165) is 11.2 Å². The summed E-state index contributed by atoms with van der Waals surface area (Å²) in [6, 6.07) is 3.76. The molecule has 0 fully saturated rings. The zero-order chi connectivity index (χ0) is 8.55. The Morgan fingerprint density at radius 1 is 1.50 bits per heavy atom. The minimum absolute atomic E-state index is 0.484. The van der Waals surface area contributed by atoms with Gasteiger partial charge in [0, 0.05) is 0 Å². The number of fused-ring (bicyclic) bond motifs is 1. The monoisotopic (exact) mass is 160 g/mol. The van der Waals surface area contributed by atoms with Crippen molar-refractivity contribution in [2.45, 2.75) is 0 Å². The Bertz CT molecular complexity index is 430. The molecule has 0 aliphatic rings. The predicted molar refractivity (Wildman–Crippen MR) is 47.5 cm³/mol. The Balaban J connectivity index is 2.88. The van der Waals surface area contributed by atoms with Crippen LogP contribution in [0.1, 0.15) is 5.69 Å². The van der Waals surface area contributed by atoms with Crippen molar-refractivity contribution < 1.29 is 0 Å². The topological polar surface area (TPSA) is 56.2 Å². The second kappa shape index (κ2) is 2.34. The van der Waals surface area contributed by atoms with Crippen LogP contribution < -0.4 is 5.73 Å². The van der Waals surface area contributed by atoms with Gasteiger partial charge >= 0.3 is 0 Å². The highest BCUT2D eigenvalue weighted by molar-refractivity contribution is 5.67. The number of aromatic nitrogens is 3. The van der Waals surface area contributed by atoms with Crippen molar-refractivity contribution in [3.05, 3.63) is 30.7 Å². The molecule has 0 saturated carbocycles. The maximum atomic E-state index is 5.62. The summed E-state index contributed by atoms with van der Waals surface area (Å²) >= 11 is 0. The fraction of sp³-hybridized carbons (Fsp3) is 0. The van der Waals surface area contributed by atoms with Crippen LogP contribution in [0.3, 0.4) is 0 Å². The standard InChI is InChI=1S/C8H8N4/c1-2-6-3-4-7-8(9)10-5-11-12(6)7/h2-5H,1H2,(H2,9,10,11). The number of hydrogen-bond donors (Lipinski definition) is 1. The highest BCUT2D eigenvalue weighted by atomic mass is 15.2. The normalized spacial score (nSPS) is 10.3. The molecular weight excluding hydrogens is 152 g/mol. The molecule has 4 heteroatoms. The molecule has 2 heterocycles. The molecule has 2 N–H and O–H groups in total. The molecule has 4 nitrogen and oxygen atoms in total. The lowest BCUT2D eigenvalue weighted by Crippen LogP contribution is -1.99. The Kier molecular flexibility index (Phi) is 1.33. The molecule has 0 bridgehead atoms. The van der Waals surface area contributed by atoms with Crippen LogP contribution in [-0.2, 0) is 0 Å². The molecule has 2 aromatic rings. The van der Waals surface area contributed by atoms with Gasteiger partial charge in [0.05, 0.1) is 5.69 Å². The first-order valence-electron chi connectivity index (χ1n) is 3.53. The van der Waals surface area contributed by atoms with Gasteiger partial charge in [0.2, 0.25) is 0 Å². The molecule has 12 heavy (non-hydrogen) atoms. The summed E-state index contributed by atoms with van der Waals surface area (Å²) in [5.74, 6) is 0.484. The van der Waals surface area contributed by atoms with Gasteiger partial charge in [-0.05, 0) is 18.2 Å². The summed E-state index contributed by atoms with van der Waals surface area (Å²) in [6.07, 6.45) is 3.15. The summed E-state index contributed by atoms with van der Waals surface area (Å²) in [6.45, 7) is 3.66. The number of hydrogen-bond acceptors (Lipinski definition) is 3. The Morgan fingerprint density at radius 3 is 3.08 bits per heavy atom. The minimum Gasteiger partial charge on any atom is -0.382 e. The molecule has 0 saturated heterocycles. The third-order valence-electron chi connectivity index (χ3n) is 1.72. The van der Waals surface area contributed by atoms with Crippen molar-refractivity contribution in [3.8, 4) is 0 Å². The molecule has 0 radical (unpaired) electrons. The average molecular weight is 160 g/mol. The smallest absolute Gasteiger partial charge is 0.151 e. The van der Waals surface area contributed by atoms with Crippen LogP contribution in [0, 0.1) is 0 Å². The van der Waals surface area contributed by atoms with E-state index in [2.05, 4.69) is 16.7 Å². The summed E-state index contributed by atoms with van der Waals surface area (Å²) in [7, 11) is 0. The Labute approximate surface area is 69.3 Å². The lowest BCUT2D eigenvalue weighted by atomic mass is 10.4. The van der Waals surface area contributed by atoms with Crippen LogP contribution >= 0.6 is 0 Å². The molecule has 0 aromatic carbocycles. The van der Waals surface area contributed by atoms with E-state index in [1.165, 1.54) is 6.33 Å². The maximum Gasteiger partial charge on any atom is 0.151 e. The highest BCUT2D eigenvalue weighted by Gasteiger charge is 2.01. The van der Waals surface area contributed by atoms with Crippen LogP contribution in [-0.4, -0.2) is 14.6 Å². The van der Waals surface area contributed by atoms with Crippen molar-refractivity contribution in [1.82, 2.24) is 14.6 Å². The molecule has 0 spiro atoms. The number of nitrogen functional groups attached to an aromatic ring is 1. The van der Waals surface area contributed by atoms with E-state index in [1.807, 2.05) is 12.1 Å². The molecule has 0 unspecified atom stereocenters. The molecule has 60 valence electrons. The van der Waals surface area contributed by atoms with Gasteiger partial charge in [-0.15, -0.1) is 0 Å². The van der Waals surface area contributed by atoms with Crippen LogP contribution in [0.2, 0.25) is 0 Å². The molecule has 2 aromatic heterocycles. The van der Waals surface area contributed by atoms with Crippen LogP contribution in [0.15, 0.2) is 25.0 Å². The maximum absolute atomic E-state index is 5.62. The van der Waals surface area contributed by atoms with Crippen LogP contribution in [0.25, 0.3) is 11.6 Å². The van der Waals surface area contributed by atoms with Crippen LogP contribution in [0.5, 0.6) is 0 Å². The zero-order valence-electron chi connectivity index (χ0n) is 6.44. The number of nitrogens with zero attached hydrogens (tertiary/aromatic N) is 3. The van der Waals surface area contributed by atoms with E-state index in [1.54, 1.807) is 10.6 Å². The number of rotatable bonds is 1. The summed E-state index contributed by atoms with van der Waals surface area (Å²) < 4.78 is 1.70. The Morgan fingerprint density at radius 2 is 2.33 bits per heavy atom. The van der Waals surface area contributed by atoms with Crippen molar-refractivity contribution >= 4 is 17.4 Å². The Hall–Kier alpha value is -1.84. The zero-order valence-corrected chi connectivity index (χ0v) is 6.44. The first kappa shape index (κ1) is 6.84. The third kappa shape index (κ3) is 0.780. The first-order valence-corrected chi connectivity index (χ1v) is 3.53. The van der Waals surface area contributed by atoms with E-state index in [4.69, 9.17) is 5.73 Å². The van der Waals surface area contributed by atoms with Gasteiger partial charge < -0.3 is 5.73 Å². The van der Waals surface area contributed by atoms with E-state index in [-0.39, 0.29) is 0 Å². The summed E-state index contributed by atoms with van der Waals surface area (Å²) in [5, 5.41) is 4.03. The van der Waals surface area contributed by atoms with Gasteiger partial charge in [-0.25, -0.2) is 9.50 Å². The molecular formula is C8H8N4. The SMILES string of the molecule is C=Cc1ccc2c(N)ncnn12. The summed E-state index contributed by atoms with van der Waals surface area (Å²) in [5.41, 5.74) is 7.35. The van der Waals surface area contributed by atoms with Crippen molar-refractivity contribution in [3.63, 3.8) is 0 Å². The molecule has 0 aliphatic heterocycles. The first-order chi connectivity index (χ1) is 5.83. The summed E-state index contributed by atoms with van der Waals surface area (Å²) in [4.78, 5) is 3.87. The fourth-order valence-corrected chi connectivity index (χ4v) is 1.13. The van der Waals surface area contributed by atoms with E-state index >= 15 is 0 Å². The number of anilines is 1. The van der Waals surface area contributed by atoms with Gasteiger partial charge in [0.25, 0.3) is 0 Å². The van der Waals surface area contributed by atoms with Gasteiger partial charge in [-0.1, -0.05) is 6.58 Å². The molecule has 2 rings (SSSR count). The fourth-order valence-electron chi connectivity index (χ4n) is 1.13. The second-order valence-corrected chi connectivity index (χ2v) is 2.40. The minimum atomic E-state index is 0.484. The van der Waals surface area contributed by atoms with E-state index < -0.39 is 0 Å². The van der Waals surface area contributed by atoms with Crippen LogP contribution in [0.4, 0.5) is 5.82 Å². The highest BCUT2D eigenvalue weighted by Crippen LogP contribution is 2.12. The molecule has 0 amide bonds. The van der Waals surface area contributed by atoms with Gasteiger partial charge in [-0.2, -0.15) is 5.10 Å². The van der Waals surface area contributed by atoms with E-state index in [0.29, 0.717) is 5.82 Å². The third-order valence-corrected chi connectivity index (χ3v) is 1.72. The van der Waals surface area contributed by atoms with E-state index in [9.17, 15) is 0 Å². The van der Waals surface area contributed by atoms with Crippen molar-refractivity contribution in [2.24, 2.45) is 0 Å². The van der Waals surface area contributed by atoms with Gasteiger partial charge in [-0.3, -0.25) is 0 Å². The number of nitrogens with two attached hydrogens (primary N) is 1. The van der Waals surface area contributed by atoms with Gasteiger partial charge in [0.1, 0.15) is 11.8 Å². The predicted octanol–water partition coefficient (Wildman–Crippen LogP) is 0.954. The second-order valence-electron chi connectivity index (χ2n) is 2.40. The lowest BCUT2D eigenvalue weighted by Gasteiger charge is -1.97.